The molecule has 5 aromatic rings. The highest BCUT2D eigenvalue weighted by Crippen LogP contribution is 2.37. The highest BCUT2D eigenvalue weighted by atomic mass is 35.5. The molecular formula is C29H26ClN5O4S. The Labute approximate surface area is 238 Å². The largest absolute Gasteiger partial charge is 0.481 e. The molecule has 0 aliphatic heterocycles. The Bertz CT molecular complexity index is 1800. The van der Waals surface area contributed by atoms with Gasteiger partial charge in [0.05, 0.1) is 17.0 Å². The maximum absolute atomic E-state index is 13.8. The number of hydrogen-bond acceptors (Lipinski definition) is 6. The van der Waals surface area contributed by atoms with Crippen molar-refractivity contribution in [3.05, 3.63) is 99.0 Å². The summed E-state index contributed by atoms with van der Waals surface area (Å²) >= 11 is 7.78. The van der Waals surface area contributed by atoms with E-state index in [1.165, 1.54) is 11.3 Å². The number of nitrogens with two attached hydrogens (primary N) is 1. The molecule has 0 aliphatic rings. The van der Waals surface area contributed by atoms with Crippen LogP contribution in [0, 0.1) is 6.92 Å². The van der Waals surface area contributed by atoms with Crippen molar-refractivity contribution in [1.82, 2.24) is 19.3 Å². The number of rotatable bonds is 9. The van der Waals surface area contributed by atoms with E-state index < -0.39 is 17.4 Å². The van der Waals surface area contributed by atoms with E-state index >= 15 is 0 Å². The van der Waals surface area contributed by atoms with E-state index in [0.29, 0.717) is 49.9 Å². The van der Waals surface area contributed by atoms with E-state index in [9.17, 15) is 19.5 Å². The second kappa shape index (κ2) is 10.4. The minimum absolute atomic E-state index is 0.192. The molecule has 1 unspecified atom stereocenters. The molecule has 5 rings (SSSR count). The number of fused-ring (bicyclic) bond motifs is 1. The molecule has 0 saturated heterocycles. The first-order valence-corrected chi connectivity index (χ1v) is 13.7. The molecule has 0 spiro atoms. The minimum atomic E-state index is -1.60. The number of aliphatic carboxylic acids is 1. The summed E-state index contributed by atoms with van der Waals surface area (Å²) in [6.07, 6.45) is 2.06. The third-order valence-electron chi connectivity index (χ3n) is 7.04. The Balaban J connectivity index is 1.77. The zero-order valence-electron chi connectivity index (χ0n) is 22.0. The summed E-state index contributed by atoms with van der Waals surface area (Å²) in [5, 5.41) is 19.8. The molecule has 0 saturated carbocycles. The molecule has 0 radical (unpaired) electrons. The number of aryl methyl sites for hydroxylation is 2. The van der Waals surface area contributed by atoms with Crippen molar-refractivity contribution >= 4 is 51.5 Å². The molecule has 0 bridgehead atoms. The van der Waals surface area contributed by atoms with Gasteiger partial charge in [-0.2, -0.15) is 0 Å². The van der Waals surface area contributed by atoms with Crippen LogP contribution in [0.5, 0.6) is 0 Å². The fourth-order valence-corrected chi connectivity index (χ4v) is 6.27. The van der Waals surface area contributed by atoms with Gasteiger partial charge in [0, 0.05) is 27.5 Å². The number of hydrogen-bond donors (Lipinski definition) is 2. The SMILES string of the molecule is CCc1cc(C(=O)c2ccccc2Cl)c(-n2c(C)nnc2C(C)(C(N)=O)n2cc(CC(=O)O)c3ccccc32)s1. The summed E-state index contributed by atoms with van der Waals surface area (Å²) in [5.41, 5.74) is 6.38. The lowest BCUT2D eigenvalue weighted by molar-refractivity contribution is -0.136. The average Bonchev–Trinajstić information content (AvgIpc) is 3.63. The molecule has 1 amide bonds. The molecule has 3 N–H and O–H groups in total. The van der Waals surface area contributed by atoms with Crippen LogP contribution < -0.4 is 5.73 Å². The first-order valence-electron chi connectivity index (χ1n) is 12.5. The van der Waals surface area contributed by atoms with Gasteiger partial charge in [-0.25, -0.2) is 0 Å². The van der Waals surface area contributed by atoms with Crippen molar-refractivity contribution in [2.75, 3.05) is 0 Å². The quantitative estimate of drug-likeness (QED) is 0.240. The number of nitrogens with zero attached hydrogens (tertiary/aromatic N) is 4. The predicted molar refractivity (Wildman–Crippen MR) is 153 cm³/mol. The molecule has 204 valence electrons. The molecule has 1 atom stereocenters. The normalized spacial score (nSPS) is 12.9. The van der Waals surface area contributed by atoms with E-state index in [-0.39, 0.29) is 18.0 Å². The monoisotopic (exact) mass is 575 g/mol. The predicted octanol–water partition coefficient (Wildman–Crippen LogP) is 4.91. The topological polar surface area (TPSA) is 133 Å². The third-order valence-corrected chi connectivity index (χ3v) is 8.63. The van der Waals surface area contributed by atoms with E-state index in [2.05, 4.69) is 10.2 Å². The van der Waals surface area contributed by atoms with E-state index in [1.807, 2.05) is 13.0 Å². The van der Waals surface area contributed by atoms with Crippen molar-refractivity contribution in [2.24, 2.45) is 5.73 Å². The van der Waals surface area contributed by atoms with Gasteiger partial charge >= 0.3 is 5.97 Å². The van der Waals surface area contributed by atoms with E-state index in [1.54, 1.807) is 77.7 Å². The molecule has 3 aromatic heterocycles. The van der Waals surface area contributed by atoms with Gasteiger partial charge in [-0.15, -0.1) is 21.5 Å². The van der Waals surface area contributed by atoms with Crippen LogP contribution in [-0.2, 0) is 28.0 Å². The van der Waals surface area contributed by atoms with Crippen LogP contribution >= 0.6 is 22.9 Å². The fourth-order valence-electron chi connectivity index (χ4n) is 4.91. The Morgan fingerprint density at radius 3 is 2.45 bits per heavy atom. The number of ketones is 1. The zero-order chi connectivity index (χ0) is 28.8. The number of carbonyl (C=O) groups excluding carboxylic acids is 2. The van der Waals surface area contributed by atoms with Gasteiger partial charge < -0.3 is 15.4 Å². The lowest BCUT2D eigenvalue weighted by Gasteiger charge is -2.29. The van der Waals surface area contributed by atoms with Gasteiger partial charge in [0.1, 0.15) is 10.8 Å². The van der Waals surface area contributed by atoms with Crippen LogP contribution in [0.25, 0.3) is 15.9 Å². The van der Waals surface area contributed by atoms with Crippen molar-refractivity contribution in [2.45, 2.75) is 39.2 Å². The lowest BCUT2D eigenvalue weighted by atomic mass is 9.99. The summed E-state index contributed by atoms with van der Waals surface area (Å²) in [6, 6.07) is 15.9. The summed E-state index contributed by atoms with van der Waals surface area (Å²) in [5.74, 6) is -1.36. The van der Waals surface area contributed by atoms with Crippen molar-refractivity contribution in [3.63, 3.8) is 0 Å². The third kappa shape index (κ3) is 4.39. The smallest absolute Gasteiger partial charge is 0.307 e. The fraction of sp³-hybridized carbons (Fsp3) is 0.207. The van der Waals surface area contributed by atoms with Gasteiger partial charge in [-0.3, -0.25) is 19.0 Å². The van der Waals surface area contributed by atoms with Gasteiger partial charge in [0.2, 0.25) is 0 Å². The Morgan fingerprint density at radius 1 is 1.07 bits per heavy atom. The van der Waals surface area contributed by atoms with Crippen LogP contribution in [0.1, 0.15) is 51.9 Å². The highest BCUT2D eigenvalue weighted by molar-refractivity contribution is 7.15. The average molecular weight is 576 g/mol. The van der Waals surface area contributed by atoms with Crippen LogP contribution in [0.4, 0.5) is 0 Å². The Hall–Kier alpha value is -4.28. The number of carboxylic acids is 1. The zero-order valence-corrected chi connectivity index (χ0v) is 23.6. The summed E-state index contributed by atoms with van der Waals surface area (Å²) < 4.78 is 3.33. The number of amides is 1. The lowest BCUT2D eigenvalue weighted by Crippen LogP contribution is -2.46. The minimum Gasteiger partial charge on any atom is -0.481 e. The first-order chi connectivity index (χ1) is 19.1. The standard InChI is InChI=1S/C29H26ClN5O4S/c1-4-18-14-21(25(38)20-10-5-7-11-22(20)30)26(40-18)35-16(2)32-33-28(35)29(3,27(31)39)34-15-17(13-24(36)37)19-9-6-8-12-23(19)34/h5-12,14-15H,4,13H2,1-3H3,(H2,31,39)(H,36,37). The summed E-state index contributed by atoms with van der Waals surface area (Å²) in [7, 11) is 0. The molecule has 11 heteroatoms. The van der Waals surface area contributed by atoms with Crippen LogP contribution in [-0.4, -0.2) is 42.1 Å². The van der Waals surface area contributed by atoms with Crippen LogP contribution in [0.2, 0.25) is 5.02 Å². The van der Waals surface area contributed by atoms with Gasteiger partial charge in [-0.05, 0) is 50.1 Å². The number of primary amides is 1. The molecular weight excluding hydrogens is 550 g/mol. The van der Waals surface area contributed by atoms with Crippen molar-refractivity contribution < 1.29 is 19.5 Å². The molecule has 0 fully saturated rings. The number of aromatic nitrogens is 4. The number of carboxylic acid groups (broad SMARTS) is 1. The second-order valence-electron chi connectivity index (χ2n) is 9.55. The van der Waals surface area contributed by atoms with Crippen molar-refractivity contribution in [1.29, 1.82) is 0 Å². The van der Waals surface area contributed by atoms with Crippen LogP contribution in [0.3, 0.4) is 0 Å². The number of benzene rings is 2. The molecule has 3 heterocycles. The maximum Gasteiger partial charge on any atom is 0.307 e. The Kier molecular flexibility index (Phi) is 7.07. The number of carbonyl (C=O) groups is 3. The maximum atomic E-state index is 13.8. The molecule has 2 aromatic carbocycles. The summed E-state index contributed by atoms with van der Waals surface area (Å²) in [4.78, 5) is 39.7. The van der Waals surface area contributed by atoms with Gasteiger partial charge in [-0.1, -0.05) is 48.9 Å². The second-order valence-corrected chi connectivity index (χ2v) is 11.1. The number of thiophene rings is 1. The number of halogens is 1. The van der Waals surface area contributed by atoms with E-state index in [4.69, 9.17) is 17.3 Å². The van der Waals surface area contributed by atoms with Gasteiger partial charge in [0.15, 0.2) is 17.1 Å². The van der Waals surface area contributed by atoms with Gasteiger partial charge in [0.25, 0.3) is 5.91 Å². The molecule has 40 heavy (non-hydrogen) atoms. The van der Waals surface area contributed by atoms with Crippen molar-refractivity contribution in [3.8, 4) is 5.00 Å². The summed E-state index contributed by atoms with van der Waals surface area (Å²) in [6.45, 7) is 5.34. The first kappa shape index (κ1) is 27.3. The molecule has 0 aliphatic carbocycles. The molecule has 9 nitrogen and oxygen atoms in total. The Morgan fingerprint density at radius 2 is 1.77 bits per heavy atom. The van der Waals surface area contributed by atoms with E-state index in [0.717, 1.165) is 4.88 Å². The highest BCUT2D eigenvalue weighted by Gasteiger charge is 2.43. The number of para-hydroxylation sites is 1. The van der Waals surface area contributed by atoms with Crippen LogP contribution in [0.15, 0.2) is 60.8 Å².